The van der Waals surface area contributed by atoms with Gasteiger partial charge in [0.2, 0.25) is 0 Å². The number of rotatable bonds is 16. The smallest absolute Gasteiger partial charge is 0.344 e. The maximum Gasteiger partial charge on any atom is 0.344 e. The fraction of sp³-hybridized carbons (Fsp3) is 0.345. The summed E-state index contributed by atoms with van der Waals surface area (Å²) in [6, 6.07) is 31.4. The Labute approximate surface area is 469 Å². The van der Waals surface area contributed by atoms with Crippen LogP contribution in [0.2, 0.25) is 0 Å². The molecule has 10 rings (SSSR count). The van der Waals surface area contributed by atoms with E-state index in [-0.39, 0.29) is 51.7 Å². The second-order valence-electron chi connectivity index (χ2n) is 18.5. The van der Waals surface area contributed by atoms with Gasteiger partial charge in [0.15, 0.2) is 52.6 Å². The van der Waals surface area contributed by atoms with Crippen LogP contribution in [0.15, 0.2) is 119 Å². The molecule has 0 aromatic heterocycles. The van der Waals surface area contributed by atoms with Crippen molar-refractivity contribution in [3.05, 3.63) is 154 Å². The molecule has 6 aromatic carbocycles. The molecule has 21 heteroatoms. The molecule has 0 amide bonds. The van der Waals surface area contributed by atoms with Crippen LogP contribution in [-0.4, -0.2) is 110 Å². The first-order chi connectivity index (χ1) is 38.1. The Morgan fingerprint density at radius 3 is 1.43 bits per heavy atom. The van der Waals surface area contributed by atoms with E-state index in [4.69, 9.17) is 36.8 Å². The maximum absolute atomic E-state index is 13.1. The molecule has 0 radical (unpaired) electrons. The number of ether oxygens (including phenoxy) is 7. The van der Waals surface area contributed by atoms with Crippen LogP contribution >= 0.6 is 15.9 Å². The minimum atomic E-state index is -4.05. The monoisotopic (exact) mass is 1190 g/mol. The number of nitrogens with zero attached hydrogens (tertiary/aromatic N) is 2. The molecule has 2 atom stereocenters. The van der Waals surface area contributed by atoms with Gasteiger partial charge in [-0.25, -0.2) is 4.79 Å². The van der Waals surface area contributed by atoms with Gasteiger partial charge in [-0.1, -0.05) is 64.5 Å². The molecule has 0 aliphatic carbocycles. The zero-order valence-corrected chi connectivity index (χ0v) is 47.9. The number of halogens is 1. The molecule has 6 aromatic rings. The van der Waals surface area contributed by atoms with Crippen LogP contribution in [0.1, 0.15) is 70.4 Å². The van der Waals surface area contributed by atoms with E-state index >= 15 is 0 Å². The zero-order chi connectivity index (χ0) is 56.4. The van der Waals surface area contributed by atoms with E-state index in [9.17, 15) is 31.5 Å². The van der Waals surface area contributed by atoms with Gasteiger partial charge in [-0.15, -0.1) is 0 Å². The second kappa shape index (κ2) is 25.8. The van der Waals surface area contributed by atoms with E-state index < -0.39 is 26.2 Å². The number of carbonyl (C=O) groups excluding carboxylic acids is 2. The third-order valence-electron chi connectivity index (χ3n) is 13.9. The average molecular weight is 1190 g/mol. The number of phenols is 1. The first-order valence-electron chi connectivity index (χ1n) is 25.5. The molecular weight excluding hydrogens is 1120 g/mol. The van der Waals surface area contributed by atoms with Crippen LogP contribution in [-0.2, 0) is 78.1 Å². The van der Waals surface area contributed by atoms with Crippen molar-refractivity contribution < 1.29 is 73.1 Å². The molecule has 18 nitrogen and oxygen atoms in total. The highest BCUT2D eigenvalue weighted by Crippen LogP contribution is 2.48. The van der Waals surface area contributed by atoms with E-state index in [1.165, 1.54) is 38.5 Å². The number of fused-ring (bicyclic) bond motifs is 8. The number of alkyl halides is 1. The summed E-state index contributed by atoms with van der Waals surface area (Å²) >= 11 is 2.94. The van der Waals surface area contributed by atoms with Crippen molar-refractivity contribution >= 4 is 48.1 Å². The van der Waals surface area contributed by atoms with E-state index in [1.807, 2.05) is 30.3 Å². The number of hydrogen-bond acceptors (Lipinski definition) is 18. The summed E-state index contributed by atoms with van der Waals surface area (Å²) in [4.78, 5) is 26.7. The van der Waals surface area contributed by atoms with E-state index in [0.717, 1.165) is 70.4 Å². The van der Waals surface area contributed by atoms with Crippen molar-refractivity contribution in [3.8, 4) is 46.0 Å². The predicted octanol–water partition coefficient (Wildman–Crippen LogP) is 8.85. The lowest BCUT2D eigenvalue weighted by Gasteiger charge is -2.42. The van der Waals surface area contributed by atoms with Crippen molar-refractivity contribution in [2.45, 2.75) is 74.5 Å². The molecule has 4 aliphatic rings. The van der Waals surface area contributed by atoms with Crippen molar-refractivity contribution in [2.75, 3.05) is 66.7 Å². The quantitative estimate of drug-likeness (QED) is 0.0544. The molecule has 2 unspecified atom stereocenters. The number of benzene rings is 6. The summed E-state index contributed by atoms with van der Waals surface area (Å²) in [5.41, 5.74) is 8.08. The normalized spacial score (nSPS) is 16.1. The molecular formula is C58H63BrN2O16S2. The van der Waals surface area contributed by atoms with Crippen LogP contribution in [0, 0.1) is 0 Å². The van der Waals surface area contributed by atoms with Crippen LogP contribution in [0.5, 0.6) is 46.0 Å². The molecule has 4 aliphatic heterocycles. The molecule has 0 spiro atoms. The Morgan fingerprint density at radius 1 is 0.557 bits per heavy atom. The lowest BCUT2D eigenvalue weighted by molar-refractivity contribution is -0.145. The van der Waals surface area contributed by atoms with Gasteiger partial charge < -0.3 is 46.6 Å². The highest BCUT2D eigenvalue weighted by atomic mass is 79.9. The highest BCUT2D eigenvalue weighted by Gasteiger charge is 2.38. The lowest BCUT2D eigenvalue weighted by Crippen LogP contribution is -2.39. The Balaban J connectivity index is 0.000000188. The molecule has 0 bridgehead atoms. The molecule has 4 heterocycles. The van der Waals surface area contributed by atoms with E-state index in [2.05, 4.69) is 30.5 Å². The van der Waals surface area contributed by atoms with Gasteiger partial charge in [-0.05, 0) is 134 Å². The standard InChI is InChI=1S/C29H31NO8S.C25H25NO6S.C4H7BrO2/c1-4-36-28(31)18-37-27-15-20-12-13-30-17-23-19(14-24(30)22(20)16-26(27)35-3)10-11-25(34-2)29(23)38-39(32,33)21-8-6-5-7-9-21;1-30-23-9-8-16-12-21-19-14-24(31-2)22(27)13-17(19)10-11-26(21)15-20(16)25(23)32-33(28,29)18-6-4-3-5-7-18;1-2-7-4(6)3-5/h5-11,15-16,24H,4,12-14,17-18H2,1-3H3;3-9,13-14,21,27H,10-12,15H2,1-2H3;2-3H2,1H3. The number of aromatic hydroxyl groups is 1. The summed E-state index contributed by atoms with van der Waals surface area (Å²) in [5.74, 6) is 2.22. The molecule has 0 saturated carbocycles. The SMILES string of the molecule is CCOC(=O)CBr.CCOC(=O)COc1cc2c(cc1OC)C1Cc3ccc(OC)c(OS(=O)(=O)c4ccccc4)c3CN1CC2.COc1cc2c(cc1O)CCN1Cc3c(ccc(OC)c3OS(=O)(=O)c3ccccc3)CC21. The fourth-order valence-corrected chi connectivity index (χ4v) is 12.3. The Morgan fingerprint density at radius 2 is 1.00 bits per heavy atom. The van der Waals surface area contributed by atoms with E-state index in [1.54, 1.807) is 82.7 Å². The number of carbonyl (C=O) groups is 2. The number of esters is 2. The van der Waals surface area contributed by atoms with E-state index in [0.29, 0.717) is 73.2 Å². The number of phenolic OH excluding ortho intramolecular Hbond substituents is 1. The minimum Gasteiger partial charge on any atom is -0.504 e. The lowest BCUT2D eigenvalue weighted by atomic mass is 9.83. The average Bonchev–Trinajstić information content (AvgIpc) is 3.66. The zero-order valence-electron chi connectivity index (χ0n) is 44.7. The van der Waals surface area contributed by atoms with Gasteiger partial charge in [0.25, 0.3) is 0 Å². The Bertz CT molecular complexity index is 3380. The van der Waals surface area contributed by atoms with Crippen LogP contribution < -0.4 is 32.1 Å². The van der Waals surface area contributed by atoms with Crippen LogP contribution in [0.4, 0.5) is 0 Å². The number of methoxy groups -OCH3 is 4. The maximum atomic E-state index is 13.1. The summed E-state index contributed by atoms with van der Waals surface area (Å²) in [6.07, 6.45) is 2.87. The van der Waals surface area contributed by atoms with Crippen LogP contribution in [0.3, 0.4) is 0 Å². The van der Waals surface area contributed by atoms with Gasteiger partial charge in [0, 0.05) is 49.4 Å². The molecule has 0 saturated heterocycles. The number of hydrogen-bond donors (Lipinski definition) is 1. The largest absolute Gasteiger partial charge is 0.504 e. The summed E-state index contributed by atoms with van der Waals surface area (Å²) < 4.78 is 101. The summed E-state index contributed by atoms with van der Waals surface area (Å²) in [5, 5.41) is 10.5. The minimum absolute atomic E-state index is 0.0567. The summed E-state index contributed by atoms with van der Waals surface area (Å²) in [7, 11) is -1.95. The van der Waals surface area contributed by atoms with Gasteiger partial charge in [-0.2, -0.15) is 16.8 Å². The fourth-order valence-electron chi connectivity index (χ4n) is 10.2. The Kier molecular flexibility index (Phi) is 19.0. The van der Waals surface area contributed by atoms with Crippen molar-refractivity contribution in [1.29, 1.82) is 0 Å². The third kappa shape index (κ3) is 13.2. The topological polar surface area (TPSA) is 212 Å². The van der Waals surface area contributed by atoms with Crippen molar-refractivity contribution in [3.63, 3.8) is 0 Å². The van der Waals surface area contributed by atoms with Crippen LogP contribution in [0.25, 0.3) is 0 Å². The third-order valence-corrected chi connectivity index (χ3v) is 16.9. The molecule has 420 valence electrons. The van der Waals surface area contributed by atoms with Crippen molar-refractivity contribution in [2.24, 2.45) is 0 Å². The second-order valence-corrected chi connectivity index (χ2v) is 22.2. The highest BCUT2D eigenvalue weighted by molar-refractivity contribution is 9.09. The predicted molar refractivity (Wildman–Crippen MR) is 296 cm³/mol. The molecule has 0 fully saturated rings. The first kappa shape index (κ1) is 58.1. The van der Waals surface area contributed by atoms with Gasteiger partial charge in [0.1, 0.15) is 15.1 Å². The van der Waals surface area contributed by atoms with Gasteiger partial charge in [0.05, 0.1) is 41.7 Å². The van der Waals surface area contributed by atoms with Gasteiger partial charge in [-0.3, -0.25) is 14.6 Å². The first-order valence-corrected chi connectivity index (χ1v) is 29.5. The molecule has 79 heavy (non-hydrogen) atoms. The van der Waals surface area contributed by atoms with Crippen molar-refractivity contribution in [1.82, 2.24) is 9.80 Å². The Hall–Kier alpha value is -7.04. The summed E-state index contributed by atoms with van der Waals surface area (Å²) in [6.45, 7) is 6.65. The molecule has 1 N–H and O–H groups in total. The van der Waals surface area contributed by atoms with Gasteiger partial charge >= 0.3 is 32.2 Å².